The lowest BCUT2D eigenvalue weighted by Crippen LogP contribution is -2.29. The summed E-state index contributed by atoms with van der Waals surface area (Å²) in [6, 6.07) is 0. The zero-order valence-electron chi connectivity index (χ0n) is 9.67. The predicted molar refractivity (Wildman–Crippen MR) is 60.1 cm³/mol. The molecule has 0 fully saturated rings. The van der Waals surface area contributed by atoms with Crippen LogP contribution in [0.3, 0.4) is 0 Å². The Kier molecular flexibility index (Phi) is 5.51. The van der Waals surface area contributed by atoms with Gasteiger partial charge in [0.2, 0.25) is 0 Å². The van der Waals surface area contributed by atoms with Crippen molar-refractivity contribution < 1.29 is 24.1 Å². The summed E-state index contributed by atoms with van der Waals surface area (Å²) < 4.78 is 15.0. The first-order valence-electron chi connectivity index (χ1n) is 5.26. The highest BCUT2D eigenvalue weighted by molar-refractivity contribution is 5.64. The molecular weight excluding hydrogens is 226 g/mol. The first-order valence-corrected chi connectivity index (χ1v) is 5.26. The quantitative estimate of drug-likeness (QED) is 0.701. The maximum atomic E-state index is 10.3. The van der Waals surface area contributed by atoms with E-state index in [-0.39, 0.29) is 19.3 Å². The molecule has 1 aliphatic carbocycles. The fourth-order valence-electron chi connectivity index (χ4n) is 1.39. The molecule has 3 N–H and O–H groups in total. The number of amides is 1. The van der Waals surface area contributed by atoms with Gasteiger partial charge in [-0.15, -0.1) is 0 Å². The Morgan fingerprint density at radius 3 is 3.06 bits per heavy atom. The van der Waals surface area contributed by atoms with Gasteiger partial charge in [0.1, 0.15) is 24.6 Å². The molecule has 0 aromatic heterocycles. The Labute approximate surface area is 99.6 Å². The molecule has 0 aliphatic heterocycles. The third kappa shape index (κ3) is 4.88. The van der Waals surface area contributed by atoms with Crippen LogP contribution >= 0.6 is 0 Å². The lowest BCUT2D eigenvalue weighted by molar-refractivity contribution is -0.0325. The molecule has 96 valence electrons. The monoisotopic (exact) mass is 243 g/mol. The van der Waals surface area contributed by atoms with Crippen molar-refractivity contribution in [3.05, 3.63) is 24.0 Å². The summed E-state index contributed by atoms with van der Waals surface area (Å²) in [4.78, 5) is 10.3. The lowest BCUT2D eigenvalue weighted by Gasteiger charge is -2.22. The molecule has 0 spiro atoms. The van der Waals surface area contributed by atoms with Gasteiger partial charge in [0.05, 0.1) is 13.7 Å². The van der Waals surface area contributed by atoms with Crippen molar-refractivity contribution in [3.63, 3.8) is 0 Å². The summed E-state index contributed by atoms with van der Waals surface area (Å²) in [7, 11) is 1.56. The van der Waals surface area contributed by atoms with Crippen LogP contribution in [-0.2, 0) is 14.2 Å². The van der Waals surface area contributed by atoms with Crippen molar-refractivity contribution >= 4 is 6.09 Å². The number of allylic oxidation sites excluding steroid dienone is 2. The Morgan fingerprint density at radius 2 is 2.41 bits per heavy atom. The van der Waals surface area contributed by atoms with E-state index >= 15 is 0 Å². The fraction of sp³-hybridized carbons (Fsp3) is 0.545. The highest BCUT2D eigenvalue weighted by Crippen LogP contribution is 2.17. The van der Waals surface area contributed by atoms with E-state index in [1.807, 2.05) is 12.2 Å². The van der Waals surface area contributed by atoms with E-state index in [1.165, 1.54) is 0 Å². The normalized spacial score (nSPS) is 20.6. The Bertz CT molecular complexity index is 313. The van der Waals surface area contributed by atoms with Crippen LogP contribution in [0.5, 0.6) is 0 Å². The van der Waals surface area contributed by atoms with Gasteiger partial charge in [-0.25, -0.2) is 4.79 Å². The van der Waals surface area contributed by atoms with Crippen molar-refractivity contribution in [3.8, 4) is 0 Å². The molecule has 0 saturated carbocycles. The Balaban J connectivity index is 2.28. The molecule has 2 atom stereocenters. The topological polar surface area (TPSA) is 91.0 Å². The van der Waals surface area contributed by atoms with E-state index in [4.69, 9.17) is 15.2 Å². The highest BCUT2D eigenvalue weighted by atomic mass is 16.6. The second-order valence-electron chi connectivity index (χ2n) is 3.54. The summed E-state index contributed by atoms with van der Waals surface area (Å²) in [6.45, 7) is -0.129. The first kappa shape index (κ1) is 13.5. The summed E-state index contributed by atoms with van der Waals surface area (Å²) in [6.07, 6.45) is 4.29. The Hall–Kier alpha value is -1.53. The van der Waals surface area contributed by atoms with E-state index in [1.54, 1.807) is 13.2 Å². The van der Waals surface area contributed by atoms with Crippen molar-refractivity contribution in [2.45, 2.75) is 18.6 Å². The molecular formula is C11H17NO5. The van der Waals surface area contributed by atoms with Gasteiger partial charge < -0.3 is 25.1 Å². The number of ether oxygens (including phenoxy) is 3. The molecule has 0 saturated heterocycles. The molecule has 6 nitrogen and oxygen atoms in total. The number of carbonyl (C=O) groups excluding carboxylic acids is 1. The summed E-state index contributed by atoms with van der Waals surface area (Å²) in [5.74, 6) is 0.704. The number of aliphatic hydroxyl groups is 1. The SMILES string of the molecule is COC1=CC=CCC1OCC(O)COC(N)=O. The zero-order chi connectivity index (χ0) is 12.7. The van der Waals surface area contributed by atoms with Crippen LogP contribution in [0, 0.1) is 0 Å². The molecule has 17 heavy (non-hydrogen) atoms. The predicted octanol–water partition coefficient (Wildman–Crippen LogP) is 0.318. The van der Waals surface area contributed by atoms with E-state index in [9.17, 15) is 9.90 Å². The third-order valence-electron chi connectivity index (χ3n) is 2.21. The van der Waals surface area contributed by atoms with E-state index < -0.39 is 12.2 Å². The van der Waals surface area contributed by atoms with Crippen LogP contribution in [0.2, 0.25) is 0 Å². The molecule has 0 aromatic carbocycles. The van der Waals surface area contributed by atoms with E-state index in [0.717, 1.165) is 0 Å². The van der Waals surface area contributed by atoms with Crippen molar-refractivity contribution in [1.82, 2.24) is 0 Å². The average Bonchev–Trinajstić information content (AvgIpc) is 2.34. The lowest BCUT2D eigenvalue weighted by atomic mass is 10.1. The number of carbonyl (C=O) groups is 1. The minimum atomic E-state index is -0.915. The minimum absolute atomic E-state index is 0.0481. The molecule has 1 rings (SSSR count). The van der Waals surface area contributed by atoms with E-state index in [0.29, 0.717) is 12.2 Å². The summed E-state index contributed by atoms with van der Waals surface area (Å²) in [5.41, 5.74) is 4.77. The number of methoxy groups -OCH3 is 1. The number of aliphatic hydroxyl groups excluding tert-OH is 1. The van der Waals surface area contributed by atoms with Crippen LogP contribution in [-0.4, -0.2) is 43.7 Å². The summed E-state index contributed by atoms with van der Waals surface area (Å²) >= 11 is 0. The van der Waals surface area contributed by atoms with E-state index in [2.05, 4.69) is 4.74 Å². The first-order chi connectivity index (χ1) is 8.13. The van der Waals surface area contributed by atoms with Gasteiger partial charge in [0.15, 0.2) is 0 Å². The van der Waals surface area contributed by atoms with Gasteiger partial charge >= 0.3 is 6.09 Å². The molecule has 0 heterocycles. The van der Waals surface area contributed by atoms with Crippen molar-refractivity contribution in [1.29, 1.82) is 0 Å². The van der Waals surface area contributed by atoms with Crippen LogP contribution in [0.1, 0.15) is 6.42 Å². The molecule has 0 aromatic rings. The molecule has 0 radical (unpaired) electrons. The van der Waals surface area contributed by atoms with Gasteiger partial charge in [-0.1, -0.05) is 12.2 Å². The van der Waals surface area contributed by atoms with Crippen LogP contribution in [0.4, 0.5) is 4.79 Å². The summed E-state index contributed by atoms with van der Waals surface area (Å²) in [5, 5.41) is 9.45. The third-order valence-corrected chi connectivity index (χ3v) is 2.21. The van der Waals surface area contributed by atoms with Gasteiger partial charge in [0, 0.05) is 0 Å². The number of rotatable bonds is 6. The zero-order valence-corrected chi connectivity index (χ0v) is 9.67. The standard InChI is InChI=1S/C11H17NO5/c1-15-9-4-2-3-5-10(9)16-6-8(13)7-17-11(12)14/h2-4,8,10,13H,5-7H2,1H3,(H2,12,14). The molecule has 1 amide bonds. The second kappa shape index (κ2) is 6.93. The minimum Gasteiger partial charge on any atom is -0.498 e. The largest absolute Gasteiger partial charge is 0.498 e. The second-order valence-corrected chi connectivity index (χ2v) is 3.54. The van der Waals surface area contributed by atoms with Crippen LogP contribution < -0.4 is 5.73 Å². The van der Waals surface area contributed by atoms with Crippen LogP contribution in [0.15, 0.2) is 24.0 Å². The fourth-order valence-corrected chi connectivity index (χ4v) is 1.39. The van der Waals surface area contributed by atoms with Gasteiger partial charge in [-0.3, -0.25) is 0 Å². The number of nitrogens with two attached hydrogens (primary N) is 1. The smallest absolute Gasteiger partial charge is 0.404 e. The maximum absolute atomic E-state index is 10.3. The van der Waals surface area contributed by atoms with Crippen molar-refractivity contribution in [2.24, 2.45) is 5.73 Å². The average molecular weight is 243 g/mol. The number of primary amides is 1. The Morgan fingerprint density at radius 1 is 1.65 bits per heavy atom. The number of hydrogen-bond acceptors (Lipinski definition) is 5. The van der Waals surface area contributed by atoms with Gasteiger partial charge in [0.25, 0.3) is 0 Å². The molecule has 6 heteroatoms. The number of hydrogen-bond donors (Lipinski definition) is 2. The molecule has 2 unspecified atom stereocenters. The maximum Gasteiger partial charge on any atom is 0.404 e. The van der Waals surface area contributed by atoms with Gasteiger partial charge in [-0.2, -0.15) is 0 Å². The van der Waals surface area contributed by atoms with Gasteiger partial charge in [-0.05, 0) is 12.5 Å². The van der Waals surface area contributed by atoms with Crippen LogP contribution in [0.25, 0.3) is 0 Å². The highest BCUT2D eigenvalue weighted by Gasteiger charge is 2.18. The molecule has 1 aliphatic rings. The molecule has 0 bridgehead atoms. The van der Waals surface area contributed by atoms with Crippen molar-refractivity contribution in [2.75, 3.05) is 20.3 Å².